The monoisotopic (exact) mass is 341 g/mol. The smallest absolute Gasteiger partial charge is 0.328 e. The van der Waals surface area contributed by atoms with E-state index in [2.05, 4.69) is 0 Å². The van der Waals surface area contributed by atoms with Crippen molar-refractivity contribution in [3.63, 3.8) is 0 Å². The SMILES string of the molecule is Cc1ccc(CN2CC[C@H](N3C(=O)N4CCC[C@]4(C)C3=O)C2=O)cc1. The molecular weight excluding hydrogens is 318 g/mol. The lowest BCUT2D eigenvalue weighted by molar-refractivity contribution is -0.140. The highest BCUT2D eigenvalue weighted by Crippen LogP contribution is 2.39. The normalized spacial score (nSPS) is 29.1. The van der Waals surface area contributed by atoms with Gasteiger partial charge in [0, 0.05) is 19.6 Å². The number of amides is 4. The maximum atomic E-state index is 12.8. The van der Waals surface area contributed by atoms with E-state index in [0.717, 1.165) is 12.0 Å². The van der Waals surface area contributed by atoms with Crippen LogP contribution in [0.25, 0.3) is 0 Å². The number of nitrogens with zero attached hydrogens (tertiary/aromatic N) is 3. The zero-order chi connectivity index (χ0) is 17.8. The van der Waals surface area contributed by atoms with Crippen molar-refractivity contribution in [2.24, 2.45) is 0 Å². The van der Waals surface area contributed by atoms with Gasteiger partial charge in [-0.2, -0.15) is 0 Å². The Kier molecular flexibility index (Phi) is 3.60. The van der Waals surface area contributed by atoms with Crippen LogP contribution in [-0.4, -0.2) is 57.2 Å². The third kappa shape index (κ3) is 2.34. The second-order valence-corrected chi connectivity index (χ2v) is 7.54. The molecule has 2 atom stereocenters. The van der Waals surface area contributed by atoms with E-state index in [1.54, 1.807) is 9.80 Å². The highest BCUT2D eigenvalue weighted by Gasteiger charge is 2.59. The number of hydrogen-bond acceptors (Lipinski definition) is 3. The molecule has 0 N–H and O–H groups in total. The third-order valence-corrected chi connectivity index (χ3v) is 5.83. The first kappa shape index (κ1) is 16.1. The van der Waals surface area contributed by atoms with Gasteiger partial charge in [0.25, 0.3) is 5.91 Å². The Labute approximate surface area is 147 Å². The summed E-state index contributed by atoms with van der Waals surface area (Å²) in [6.07, 6.45) is 2.05. The molecule has 1 aromatic carbocycles. The molecule has 3 saturated heterocycles. The van der Waals surface area contributed by atoms with Gasteiger partial charge in [0.15, 0.2) is 0 Å². The van der Waals surface area contributed by atoms with Crippen LogP contribution in [0, 0.1) is 6.92 Å². The molecule has 6 nitrogen and oxygen atoms in total. The topological polar surface area (TPSA) is 60.9 Å². The number of likely N-dealkylation sites (tertiary alicyclic amines) is 1. The zero-order valence-electron chi connectivity index (χ0n) is 14.7. The predicted octanol–water partition coefficient (Wildman–Crippen LogP) is 1.91. The van der Waals surface area contributed by atoms with Gasteiger partial charge >= 0.3 is 6.03 Å². The number of benzene rings is 1. The van der Waals surface area contributed by atoms with E-state index in [1.165, 1.54) is 10.5 Å². The van der Waals surface area contributed by atoms with Crippen LogP contribution in [0.5, 0.6) is 0 Å². The van der Waals surface area contributed by atoms with E-state index >= 15 is 0 Å². The van der Waals surface area contributed by atoms with Gasteiger partial charge in [0.2, 0.25) is 5.91 Å². The summed E-state index contributed by atoms with van der Waals surface area (Å²) >= 11 is 0. The average Bonchev–Trinajstić information content (AvgIpc) is 3.19. The molecule has 0 aliphatic carbocycles. The molecular formula is C19H23N3O3. The number of hydrogen-bond donors (Lipinski definition) is 0. The molecule has 4 amide bonds. The van der Waals surface area contributed by atoms with Crippen LogP contribution >= 0.6 is 0 Å². The molecule has 3 aliphatic heterocycles. The highest BCUT2D eigenvalue weighted by atomic mass is 16.2. The number of carbonyl (C=O) groups is 3. The van der Waals surface area contributed by atoms with Crippen molar-refractivity contribution in [2.45, 2.75) is 51.2 Å². The molecule has 0 bridgehead atoms. The van der Waals surface area contributed by atoms with Crippen LogP contribution in [0.15, 0.2) is 24.3 Å². The molecule has 6 heteroatoms. The van der Waals surface area contributed by atoms with Gasteiger partial charge in [-0.05, 0) is 38.7 Å². The fourth-order valence-electron chi connectivity index (χ4n) is 4.28. The van der Waals surface area contributed by atoms with Gasteiger partial charge in [-0.1, -0.05) is 29.8 Å². The maximum absolute atomic E-state index is 12.8. The first-order chi connectivity index (χ1) is 11.9. The van der Waals surface area contributed by atoms with E-state index in [4.69, 9.17) is 0 Å². The fraction of sp³-hybridized carbons (Fsp3) is 0.526. The molecule has 0 radical (unpaired) electrons. The van der Waals surface area contributed by atoms with Crippen LogP contribution in [0.1, 0.15) is 37.3 Å². The third-order valence-electron chi connectivity index (χ3n) is 5.83. The molecule has 3 fully saturated rings. The van der Waals surface area contributed by atoms with Gasteiger partial charge in [-0.25, -0.2) is 9.69 Å². The van der Waals surface area contributed by atoms with E-state index in [9.17, 15) is 14.4 Å². The number of urea groups is 1. The number of rotatable bonds is 3. The van der Waals surface area contributed by atoms with Crippen LogP contribution in [0.3, 0.4) is 0 Å². The van der Waals surface area contributed by atoms with Crippen molar-refractivity contribution in [1.29, 1.82) is 0 Å². The largest absolute Gasteiger partial charge is 0.336 e. The number of imide groups is 1. The molecule has 25 heavy (non-hydrogen) atoms. The number of carbonyl (C=O) groups excluding carboxylic acids is 3. The molecule has 3 aliphatic rings. The average molecular weight is 341 g/mol. The molecule has 132 valence electrons. The Bertz CT molecular complexity index is 745. The van der Waals surface area contributed by atoms with Crippen LogP contribution in [0.2, 0.25) is 0 Å². The van der Waals surface area contributed by atoms with Crippen LogP contribution in [0.4, 0.5) is 4.79 Å². The summed E-state index contributed by atoms with van der Waals surface area (Å²) in [5.41, 5.74) is 1.49. The predicted molar refractivity (Wildman–Crippen MR) is 91.6 cm³/mol. The van der Waals surface area contributed by atoms with E-state index < -0.39 is 11.6 Å². The Hall–Kier alpha value is -2.37. The zero-order valence-corrected chi connectivity index (χ0v) is 14.7. The Morgan fingerprint density at radius 2 is 1.84 bits per heavy atom. The van der Waals surface area contributed by atoms with E-state index in [-0.39, 0.29) is 17.8 Å². The number of fused-ring (bicyclic) bond motifs is 1. The van der Waals surface area contributed by atoms with Crippen molar-refractivity contribution in [2.75, 3.05) is 13.1 Å². The minimum Gasteiger partial charge on any atom is -0.336 e. The number of aryl methyl sites for hydroxylation is 1. The molecule has 1 aromatic rings. The van der Waals surface area contributed by atoms with Crippen LogP contribution < -0.4 is 0 Å². The minimum absolute atomic E-state index is 0.118. The van der Waals surface area contributed by atoms with Crippen molar-refractivity contribution < 1.29 is 14.4 Å². The van der Waals surface area contributed by atoms with E-state index in [1.807, 2.05) is 38.1 Å². The lowest BCUT2D eigenvalue weighted by atomic mass is 9.99. The Morgan fingerprint density at radius 1 is 1.12 bits per heavy atom. The minimum atomic E-state index is -0.748. The second kappa shape index (κ2) is 5.58. The Morgan fingerprint density at radius 3 is 2.52 bits per heavy atom. The summed E-state index contributed by atoms with van der Waals surface area (Å²) in [5.74, 6) is -0.322. The van der Waals surface area contributed by atoms with Crippen LogP contribution in [-0.2, 0) is 16.1 Å². The van der Waals surface area contributed by atoms with Crippen molar-refractivity contribution in [1.82, 2.24) is 14.7 Å². The second-order valence-electron chi connectivity index (χ2n) is 7.54. The lowest BCUT2D eigenvalue weighted by Crippen LogP contribution is -2.47. The maximum Gasteiger partial charge on any atom is 0.328 e. The summed E-state index contributed by atoms with van der Waals surface area (Å²) in [5, 5.41) is 0. The Balaban J connectivity index is 1.51. The first-order valence-corrected chi connectivity index (χ1v) is 8.91. The molecule has 0 saturated carbocycles. The molecule has 0 unspecified atom stereocenters. The summed E-state index contributed by atoms with van der Waals surface area (Å²) in [7, 11) is 0. The van der Waals surface area contributed by atoms with Gasteiger partial charge in [0.05, 0.1) is 0 Å². The summed E-state index contributed by atoms with van der Waals surface area (Å²) in [4.78, 5) is 43.0. The first-order valence-electron chi connectivity index (χ1n) is 8.91. The molecule has 0 spiro atoms. The standard InChI is InChI=1S/C19H23N3O3/c1-13-4-6-14(7-5-13)12-20-11-8-15(16(20)23)22-17(24)19(2)9-3-10-21(19)18(22)25/h4-7,15H,3,8-12H2,1-2H3/t15-,19+/m0/s1. The molecule has 4 rings (SSSR count). The van der Waals surface area contributed by atoms with Crippen molar-refractivity contribution >= 4 is 17.8 Å². The summed E-state index contributed by atoms with van der Waals surface area (Å²) in [6, 6.07) is 7.14. The van der Waals surface area contributed by atoms with Gasteiger partial charge in [-0.15, -0.1) is 0 Å². The van der Waals surface area contributed by atoms with Crippen molar-refractivity contribution in [3.8, 4) is 0 Å². The summed E-state index contributed by atoms with van der Waals surface area (Å²) in [6.45, 7) is 5.55. The highest BCUT2D eigenvalue weighted by molar-refractivity contribution is 6.10. The van der Waals surface area contributed by atoms with Gasteiger partial charge in [-0.3, -0.25) is 9.59 Å². The van der Waals surface area contributed by atoms with E-state index in [0.29, 0.717) is 32.5 Å². The quantitative estimate of drug-likeness (QED) is 0.789. The lowest BCUT2D eigenvalue weighted by Gasteiger charge is -2.23. The van der Waals surface area contributed by atoms with Crippen molar-refractivity contribution in [3.05, 3.63) is 35.4 Å². The molecule has 0 aromatic heterocycles. The van der Waals surface area contributed by atoms with Gasteiger partial charge < -0.3 is 9.80 Å². The van der Waals surface area contributed by atoms with Gasteiger partial charge in [0.1, 0.15) is 11.6 Å². The fourth-order valence-corrected chi connectivity index (χ4v) is 4.28. The summed E-state index contributed by atoms with van der Waals surface area (Å²) < 4.78 is 0. The molecule has 3 heterocycles.